The molecule has 2 atom stereocenters. The van der Waals surface area contributed by atoms with Crippen LogP contribution in [0, 0.1) is 6.92 Å². The van der Waals surface area contributed by atoms with Gasteiger partial charge >= 0.3 is 0 Å². The molecule has 1 amide bonds. The van der Waals surface area contributed by atoms with E-state index in [2.05, 4.69) is 37.4 Å². The van der Waals surface area contributed by atoms with E-state index in [9.17, 15) is 4.79 Å². The predicted octanol–water partition coefficient (Wildman–Crippen LogP) is 2.61. The Balaban J connectivity index is 2.13. The Labute approximate surface area is 109 Å². The summed E-state index contributed by atoms with van der Waals surface area (Å²) in [6.07, 6.45) is 3.18. The monoisotopic (exact) mass is 246 g/mol. The minimum Gasteiger partial charge on any atom is -0.325 e. The molecule has 3 nitrogen and oxygen atoms in total. The Morgan fingerprint density at radius 2 is 2.17 bits per heavy atom. The van der Waals surface area contributed by atoms with Crippen molar-refractivity contribution >= 4 is 5.91 Å². The fraction of sp³-hybridized carbons (Fsp3) is 0.533. The Bertz CT molecular complexity index is 430. The van der Waals surface area contributed by atoms with Crippen molar-refractivity contribution < 1.29 is 4.79 Å². The van der Waals surface area contributed by atoms with Crippen LogP contribution < -0.4 is 5.32 Å². The molecule has 18 heavy (non-hydrogen) atoms. The number of nitrogens with zero attached hydrogens (tertiary/aromatic N) is 1. The predicted molar refractivity (Wildman–Crippen MR) is 73.1 cm³/mol. The van der Waals surface area contributed by atoms with Gasteiger partial charge in [-0.05, 0) is 18.9 Å². The first-order chi connectivity index (χ1) is 8.63. The van der Waals surface area contributed by atoms with Gasteiger partial charge in [0, 0.05) is 7.05 Å². The van der Waals surface area contributed by atoms with Crippen molar-refractivity contribution in [1.82, 2.24) is 10.2 Å². The van der Waals surface area contributed by atoms with E-state index in [1.54, 1.807) is 0 Å². The van der Waals surface area contributed by atoms with Gasteiger partial charge < -0.3 is 4.90 Å². The second-order valence-electron chi connectivity index (χ2n) is 5.13. The molecule has 0 aliphatic carbocycles. The lowest BCUT2D eigenvalue weighted by Crippen LogP contribution is -2.28. The zero-order chi connectivity index (χ0) is 13.1. The number of carbonyl (C=O) groups excluding carboxylic acids is 1. The molecule has 0 saturated carbocycles. The van der Waals surface area contributed by atoms with Crippen LogP contribution in [0.15, 0.2) is 24.3 Å². The molecule has 1 fully saturated rings. The molecule has 1 saturated heterocycles. The van der Waals surface area contributed by atoms with E-state index in [0.717, 1.165) is 19.3 Å². The second-order valence-corrected chi connectivity index (χ2v) is 5.13. The molecule has 0 radical (unpaired) electrons. The van der Waals surface area contributed by atoms with Gasteiger partial charge in [-0.3, -0.25) is 10.1 Å². The maximum absolute atomic E-state index is 12.1. The first-order valence-corrected chi connectivity index (χ1v) is 6.72. The number of benzene rings is 1. The smallest absolute Gasteiger partial charge is 0.241 e. The topological polar surface area (TPSA) is 32.3 Å². The van der Waals surface area contributed by atoms with Crippen molar-refractivity contribution in [3.63, 3.8) is 0 Å². The fourth-order valence-electron chi connectivity index (χ4n) is 2.52. The van der Waals surface area contributed by atoms with Crippen LogP contribution in [0.1, 0.15) is 43.5 Å². The van der Waals surface area contributed by atoms with Gasteiger partial charge in [-0.2, -0.15) is 0 Å². The normalized spacial score (nSPS) is 23.7. The van der Waals surface area contributed by atoms with Crippen LogP contribution in [0.5, 0.6) is 0 Å². The molecule has 98 valence electrons. The molecule has 1 aromatic rings. The number of carbonyl (C=O) groups is 1. The highest BCUT2D eigenvalue weighted by molar-refractivity contribution is 5.84. The van der Waals surface area contributed by atoms with Gasteiger partial charge in [-0.1, -0.05) is 49.6 Å². The third-order valence-electron chi connectivity index (χ3n) is 3.60. The molecule has 2 unspecified atom stereocenters. The Morgan fingerprint density at radius 1 is 1.39 bits per heavy atom. The van der Waals surface area contributed by atoms with Crippen molar-refractivity contribution in [1.29, 1.82) is 0 Å². The number of likely N-dealkylation sites (N-methyl/N-ethyl adjacent to an activating group) is 1. The summed E-state index contributed by atoms with van der Waals surface area (Å²) in [5.74, 6) is 0.218. The average molecular weight is 246 g/mol. The summed E-state index contributed by atoms with van der Waals surface area (Å²) < 4.78 is 0. The highest BCUT2D eigenvalue weighted by atomic mass is 16.2. The van der Waals surface area contributed by atoms with E-state index in [1.807, 2.05) is 18.0 Å². The van der Waals surface area contributed by atoms with Crippen molar-refractivity contribution in [2.75, 3.05) is 7.05 Å². The van der Waals surface area contributed by atoms with E-state index >= 15 is 0 Å². The summed E-state index contributed by atoms with van der Waals surface area (Å²) in [6.45, 7) is 4.23. The summed E-state index contributed by atoms with van der Waals surface area (Å²) in [6, 6.07) is 8.33. The lowest BCUT2D eigenvalue weighted by molar-refractivity contribution is -0.128. The molecular weight excluding hydrogens is 224 g/mol. The third-order valence-corrected chi connectivity index (χ3v) is 3.60. The van der Waals surface area contributed by atoms with E-state index in [0.29, 0.717) is 0 Å². The van der Waals surface area contributed by atoms with Crippen LogP contribution in [-0.2, 0) is 4.79 Å². The first-order valence-electron chi connectivity index (χ1n) is 6.72. The molecular formula is C15H22N2O. The Hall–Kier alpha value is -1.35. The number of unbranched alkanes of at least 4 members (excludes halogenated alkanes) is 1. The molecule has 1 aliphatic heterocycles. The van der Waals surface area contributed by atoms with Crippen molar-refractivity contribution in [3.05, 3.63) is 35.4 Å². The van der Waals surface area contributed by atoms with Gasteiger partial charge in [0.25, 0.3) is 0 Å². The van der Waals surface area contributed by atoms with Crippen LogP contribution in [0.4, 0.5) is 0 Å². The molecule has 0 bridgehead atoms. The Morgan fingerprint density at radius 3 is 2.83 bits per heavy atom. The van der Waals surface area contributed by atoms with Crippen LogP contribution in [0.25, 0.3) is 0 Å². The minimum atomic E-state index is -0.0135. The lowest BCUT2D eigenvalue weighted by Gasteiger charge is -2.20. The lowest BCUT2D eigenvalue weighted by atomic mass is 10.1. The van der Waals surface area contributed by atoms with Crippen LogP contribution >= 0.6 is 0 Å². The van der Waals surface area contributed by atoms with Gasteiger partial charge in [0.2, 0.25) is 5.91 Å². The van der Waals surface area contributed by atoms with E-state index in [-0.39, 0.29) is 18.1 Å². The molecule has 2 rings (SSSR count). The van der Waals surface area contributed by atoms with Crippen LogP contribution in [0.2, 0.25) is 0 Å². The molecule has 0 spiro atoms. The number of aryl methyl sites for hydroxylation is 1. The zero-order valence-corrected chi connectivity index (χ0v) is 11.4. The van der Waals surface area contributed by atoms with E-state index in [1.165, 1.54) is 11.1 Å². The van der Waals surface area contributed by atoms with Crippen molar-refractivity contribution in [2.45, 2.75) is 45.3 Å². The van der Waals surface area contributed by atoms with Gasteiger partial charge in [0.1, 0.15) is 6.17 Å². The third kappa shape index (κ3) is 2.56. The summed E-state index contributed by atoms with van der Waals surface area (Å²) >= 11 is 0. The molecule has 0 aromatic heterocycles. The molecule has 1 aliphatic rings. The SMILES string of the molecule is CCCCC1NC(c2cccc(C)c2)N(C)C1=O. The fourth-order valence-corrected chi connectivity index (χ4v) is 2.52. The minimum absolute atomic E-state index is 0.0135. The Kier molecular flexibility index (Phi) is 4.02. The molecule has 1 aromatic carbocycles. The molecule has 1 heterocycles. The number of nitrogens with one attached hydrogen (secondary N) is 1. The number of amides is 1. The van der Waals surface area contributed by atoms with E-state index in [4.69, 9.17) is 0 Å². The summed E-state index contributed by atoms with van der Waals surface area (Å²) in [5.41, 5.74) is 2.40. The van der Waals surface area contributed by atoms with Gasteiger partial charge in [0.15, 0.2) is 0 Å². The number of hydrogen-bond acceptors (Lipinski definition) is 2. The molecule has 3 heteroatoms. The summed E-state index contributed by atoms with van der Waals surface area (Å²) in [7, 11) is 1.88. The van der Waals surface area contributed by atoms with Crippen molar-refractivity contribution in [2.24, 2.45) is 0 Å². The zero-order valence-electron chi connectivity index (χ0n) is 11.4. The standard InChI is InChI=1S/C15H22N2O/c1-4-5-9-13-15(18)17(3)14(16-13)12-8-6-7-11(2)10-12/h6-8,10,13-14,16H,4-5,9H2,1-3H3. The second kappa shape index (κ2) is 5.53. The molecule has 1 N–H and O–H groups in total. The van der Waals surface area contributed by atoms with Crippen molar-refractivity contribution in [3.8, 4) is 0 Å². The average Bonchev–Trinajstić information content (AvgIpc) is 2.64. The summed E-state index contributed by atoms with van der Waals surface area (Å²) in [4.78, 5) is 14.0. The maximum Gasteiger partial charge on any atom is 0.241 e. The van der Waals surface area contributed by atoms with Gasteiger partial charge in [-0.15, -0.1) is 0 Å². The highest BCUT2D eigenvalue weighted by Gasteiger charge is 2.36. The number of hydrogen-bond donors (Lipinski definition) is 1. The van der Waals surface area contributed by atoms with Gasteiger partial charge in [0.05, 0.1) is 6.04 Å². The largest absolute Gasteiger partial charge is 0.325 e. The van der Waals surface area contributed by atoms with Crippen LogP contribution in [-0.4, -0.2) is 23.9 Å². The van der Waals surface area contributed by atoms with Crippen LogP contribution in [0.3, 0.4) is 0 Å². The quantitative estimate of drug-likeness (QED) is 0.885. The maximum atomic E-state index is 12.1. The van der Waals surface area contributed by atoms with Gasteiger partial charge in [-0.25, -0.2) is 0 Å². The van der Waals surface area contributed by atoms with E-state index < -0.39 is 0 Å². The summed E-state index contributed by atoms with van der Waals surface area (Å²) in [5, 5.41) is 3.45. The first kappa shape index (κ1) is 13.1. The number of rotatable bonds is 4. The highest BCUT2D eigenvalue weighted by Crippen LogP contribution is 2.26.